The van der Waals surface area contributed by atoms with Crippen LogP contribution in [0.3, 0.4) is 0 Å². The number of methoxy groups -OCH3 is 1. The normalized spacial score (nSPS) is 21.0. The maximum Gasteiger partial charge on any atom is 0.158 e. The predicted octanol–water partition coefficient (Wildman–Crippen LogP) is 3.26. The minimum Gasteiger partial charge on any atom is -0.496 e. The number of ether oxygens (including phenoxy) is 2. The summed E-state index contributed by atoms with van der Waals surface area (Å²) in [5.74, 6) is 2.34. The summed E-state index contributed by atoms with van der Waals surface area (Å²) >= 11 is 0. The summed E-state index contributed by atoms with van der Waals surface area (Å²) in [6, 6.07) is 8.09. The van der Waals surface area contributed by atoms with Crippen LogP contribution >= 0.6 is 0 Å². The van der Waals surface area contributed by atoms with Crippen LogP contribution in [-0.2, 0) is 14.6 Å². The third-order valence-electron chi connectivity index (χ3n) is 7.78. The van der Waals surface area contributed by atoms with E-state index in [0.29, 0.717) is 24.7 Å². The fourth-order valence-corrected chi connectivity index (χ4v) is 6.73. The molecule has 0 unspecified atom stereocenters. The van der Waals surface area contributed by atoms with Crippen LogP contribution in [-0.4, -0.2) is 84.1 Å². The van der Waals surface area contributed by atoms with Gasteiger partial charge in [-0.15, -0.1) is 0 Å². The zero-order valence-corrected chi connectivity index (χ0v) is 23.9. The van der Waals surface area contributed by atoms with Crippen LogP contribution in [0, 0.1) is 12.8 Å². The van der Waals surface area contributed by atoms with Gasteiger partial charge < -0.3 is 19.7 Å². The highest BCUT2D eigenvalue weighted by atomic mass is 32.2. The van der Waals surface area contributed by atoms with E-state index >= 15 is 0 Å². The summed E-state index contributed by atoms with van der Waals surface area (Å²) < 4.78 is 36.8. The molecule has 6 heterocycles. The van der Waals surface area contributed by atoms with Gasteiger partial charge in [-0.1, -0.05) is 0 Å². The van der Waals surface area contributed by atoms with Crippen molar-refractivity contribution in [3.8, 4) is 22.8 Å². The first kappa shape index (κ1) is 26.5. The quantitative estimate of drug-likeness (QED) is 0.342. The van der Waals surface area contributed by atoms with Crippen molar-refractivity contribution in [2.75, 3.05) is 49.1 Å². The van der Waals surface area contributed by atoms with Crippen LogP contribution in [0.25, 0.3) is 28.0 Å². The van der Waals surface area contributed by atoms with E-state index in [1.54, 1.807) is 19.5 Å². The van der Waals surface area contributed by atoms with Crippen molar-refractivity contribution >= 4 is 32.2 Å². The van der Waals surface area contributed by atoms with E-state index < -0.39 is 9.84 Å². The number of anilines is 2. The molecule has 11 nitrogen and oxygen atoms in total. The minimum absolute atomic E-state index is 0.0816. The standard InChI is InChI=1S/C28H33N7O4S/c1-17-22-13-30-35(25(22)11-24(31-17)23-12-29-7-5-26(23)38-3)28-10-21(9-27(33-28)32-20-6-8-39-15-20)34-14-19(18(34)2)16-40(4,36)37/h5,7,9-13,18-20H,6,8,14-16H2,1-4H3,(H,32,33)/t18-,19-,20-/m1/s1. The molecule has 1 N–H and O–H groups in total. The van der Waals surface area contributed by atoms with Gasteiger partial charge in [-0.3, -0.25) is 9.97 Å². The van der Waals surface area contributed by atoms with Gasteiger partial charge in [0.2, 0.25) is 0 Å². The summed E-state index contributed by atoms with van der Waals surface area (Å²) in [4.78, 5) is 16.3. The van der Waals surface area contributed by atoms with Gasteiger partial charge in [-0.25, -0.2) is 18.1 Å². The van der Waals surface area contributed by atoms with Crippen molar-refractivity contribution < 1.29 is 17.9 Å². The number of rotatable bonds is 8. The van der Waals surface area contributed by atoms with Gasteiger partial charge in [0.1, 0.15) is 21.4 Å². The molecule has 4 aromatic rings. The topological polar surface area (TPSA) is 124 Å². The highest BCUT2D eigenvalue weighted by Gasteiger charge is 2.38. The molecule has 0 bridgehead atoms. The minimum atomic E-state index is -3.05. The van der Waals surface area contributed by atoms with Crippen LogP contribution in [0.1, 0.15) is 19.0 Å². The molecular formula is C28H33N7O4S. The Morgan fingerprint density at radius 1 is 1.20 bits per heavy atom. The molecular weight excluding hydrogens is 530 g/mol. The SMILES string of the molecule is COc1ccncc1-c1cc2c(cnn2-c2cc(N3C[C@H](CS(C)(=O)=O)[C@H]3C)cc(N[C@@H]3CCOC3)n2)c(C)n1. The summed E-state index contributed by atoms with van der Waals surface area (Å²) in [6.07, 6.45) is 7.45. The Morgan fingerprint density at radius 2 is 2.05 bits per heavy atom. The molecule has 12 heteroatoms. The molecule has 2 saturated heterocycles. The Morgan fingerprint density at radius 3 is 2.77 bits per heavy atom. The van der Waals surface area contributed by atoms with E-state index in [-0.39, 0.29) is 23.8 Å². The molecule has 0 spiro atoms. The van der Waals surface area contributed by atoms with Gasteiger partial charge in [0.15, 0.2) is 5.82 Å². The zero-order chi connectivity index (χ0) is 28.0. The number of fused-ring (bicyclic) bond motifs is 1. The molecule has 6 rings (SSSR count). The van der Waals surface area contributed by atoms with Gasteiger partial charge in [-0.05, 0) is 32.4 Å². The smallest absolute Gasteiger partial charge is 0.158 e. The summed E-state index contributed by atoms with van der Waals surface area (Å²) in [6.45, 7) is 6.04. The fraction of sp³-hybridized carbons (Fsp3) is 0.429. The Balaban J connectivity index is 1.42. The lowest BCUT2D eigenvalue weighted by atomic mass is 9.91. The first-order chi connectivity index (χ1) is 19.2. The van der Waals surface area contributed by atoms with E-state index in [1.807, 2.05) is 42.1 Å². The molecule has 0 saturated carbocycles. The van der Waals surface area contributed by atoms with Crippen LogP contribution in [0.15, 0.2) is 42.9 Å². The van der Waals surface area contributed by atoms with Gasteiger partial charge in [0.25, 0.3) is 0 Å². The fourth-order valence-electron chi connectivity index (χ4n) is 5.57. The Kier molecular flexibility index (Phi) is 6.83. The lowest BCUT2D eigenvalue weighted by Gasteiger charge is -2.48. The number of nitrogens with one attached hydrogen (secondary N) is 1. The largest absolute Gasteiger partial charge is 0.496 e. The molecule has 2 aliphatic rings. The Labute approximate surface area is 233 Å². The van der Waals surface area contributed by atoms with Crippen LogP contribution in [0.4, 0.5) is 11.5 Å². The third-order valence-corrected chi connectivity index (χ3v) is 8.82. The average molecular weight is 564 g/mol. The Hall–Kier alpha value is -3.77. The third kappa shape index (κ3) is 5.08. The van der Waals surface area contributed by atoms with Gasteiger partial charge in [0, 0.05) is 72.7 Å². The first-order valence-corrected chi connectivity index (χ1v) is 15.4. The maximum absolute atomic E-state index is 11.9. The van der Waals surface area contributed by atoms with Crippen molar-refractivity contribution in [2.45, 2.75) is 32.4 Å². The average Bonchev–Trinajstić information content (AvgIpc) is 3.60. The summed E-state index contributed by atoms with van der Waals surface area (Å²) in [7, 11) is -1.42. The number of aryl methyl sites for hydroxylation is 1. The van der Waals surface area contributed by atoms with Crippen LogP contribution in [0.2, 0.25) is 0 Å². The molecule has 0 aromatic carbocycles. The van der Waals surface area contributed by atoms with Crippen LogP contribution < -0.4 is 15.0 Å². The highest BCUT2D eigenvalue weighted by molar-refractivity contribution is 7.90. The number of sulfone groups is 1. The number of hydrogen-bond donors (Lipinski definition) is 1. The van der Waals surface area contributed by atoms with E-state index in [1.165, 1.54) is 6.26 Å². The van der Waals surface area contributed by atoms with Crippen molar-refractivity contribution in [1.29, 1.82) is 0 Å². The Bertz CT molecular complexity index is 1670. The molecule has 3 atom stereocenters. The molecule has 2 fully saturated rings. The number of nitrogens with zero attached hydrogens (tertiary/aromatic N) is 6. The summed E-state index contributed by atoms with van der Waals surface area (Å²) in [5.41, 5.74) is 4.18. The van der Waals surface area contributed by atoms with E-state index in [2.05, 4.69) is 22.1 Å². The van der Waals surface area contributed by atoms with Gasteiger partial charge >= 0.3 is 0 Å². The lowest BCUT2D eigenvalue weighted by molar-refractivity contribution is 0.195. The second-order valence-electron chi connectivity index (χ2n) is 10.7. The second-order valence-corrected chi connectivity index (χ2v) is 12.9. The number of hydrogen-bond acceptors (Lipinski definition) is 10. The molecule has 210 valence electrons. The molecule has 0 radical (unpaired) electrons. The second kappa shape index (κ2) is 10.3. The van der Waals surface area contributed by atoms with Gasteiger partial charge in [0.05, 0.1) is 48.5 Å². The monoisotopic (exact) mass is 563 g/mol. The highest BCUT2D eigenvalue weighted by Crippen LogP contribution is 2.36. The number of aromatic nitrogens is 5. The molecule has 40 heavy (non-hydrogen) atoms. The molecule has 0 aliphatic carbocycles. The van der Waals surface area contributed by atoms with E-state index in [9.17, 15) is 8.42 Å². The predicted molar refractivity (Wildman–Crippen MR) is 154 cm³/mol. The molecule has 0 amide bonds. The van der Waals surface area contributed by atoms with Gasteiger partial charge in [-0.2, -0.15) is 5.10 Å². The van der Waals surface area contributed by atoms with Crippen molar-refractivity contribution in [3.05, 3.63) is 48.5 Å². The van der Waals surface area contributed by atoms with Crippen LogP contribution in [0.5, 0.6) is 5.75 Å². The van der Waals surface area contributed by atoms with Crippen molar-refractivity contribution in [1.82, 2.24) is 24.7 Å². The lowest BCUT2D eigenvalue weighted by Crippen LogP contribution is -2.57. The van der Waals surface area contributed by atoms with Crippen molar-refractivity contribution in [2.24, 2.45) is 5.92 Å². The van der Waals surface area contributed by atoms with E-state index in [0.717, 1.165) is 52.4 Å². The van der Waals surface area contributed by atoms with E-state index in [4.69, 9.17) is 24.5 Å². The van der Waals surface area contributed by atoms with Crippen molar-refractivity contribution in [3.63, 3.8) is 0 Å². The molecule has 4 aromatic heterocycles. The first-order valence-electron chi connectivity index (χ1n) is 13.3. The summed E-state index contributed by atoms with van der Waals surface area (Å²) in [5, 5.41) is 9.17. The maximum atomic E-state index is 11.9. The number of pyridine rings is 3. The zero-order valence-electron chi connectivity index (χ0n) is 23.0. The molecule has 2 aliphatic heterocycles.